The number of nitrogen functional groups attached to an aromatic ring is 1. The Morgan fingerprint density at radius 3 is 2.65 bits per heavy atom. The molecule has 4 heteroatoms. The maximum absolute atomic E-state index is 12.3. The SMILES string of the molecule is CCC(C)N(CC)C(=O)c1cc(N)ccc1Cl. The van der Waals surface area contributed by atoms with Crippen molar-refractivity contribution in [2.45, 2.75) is 33.2 Å². The summed E-state index contributed by atoms with van der Waals surface area (Å²) >= 11 is 6.04. The first-order valence-corrected chi connectivity index (χ1v) is 6.25. The molecule has 0 heterocycles. The van der Waals surface area contributed by atoms with Crippen LogP contribution in [0.3, 0.4) is 0 Å². The number of benzene rings is 1. The van der Waals surface area contributed by atoms with Gasteiger partial charge in [-0.3, -0.25) is 4.79 Å². The van der Waals surface area contributed by atoms with Gasteiger partial charge in [0, 0.05) is 18.3 Å². The van der Waals surface area contributed by atoms with Crippen molar-refractivity contribution < 1.29 is 4.79 Å². The second-order valence-electron chi connectivity index (χ2n) is 4.09. The minimum atomic E-state index is -0.0563. The summed E-state index contributed by atoms with van der Waals surface area (Å²) in [5, 5.41) is 0.450. The van der Waals surface area contributed by atoms with Gasteiger partial charge in [-0.05, 0) is 38.5 Å². The Hall–Kier alpha value is -1.22. The van der Waals surface area contributed by atoms with Crippen LogP contribution in [-0.4, -0.2) is 23.4 Å². The van der Waals surface area contributed by atoms with Crippen LogP contribution in [0.2, 0.25) is 5.02 Å². The molecular formula is C13H19ClN2O. The quantitative estimate of drug-likeness (QED) is 0.839. The lowest BCUT2D eigenvalue weighted by Gasteiger charge is -2.27. The molecule has 0 spiro atoms. The van der Waals surface area contributed by atoms with Crippen molar-refractivity contribution in [1.82, 2.24) is 4.90 Å². The summed E-state index contributed by atoms with van der Waals surface area (Å²) in [6, 6.07) is 5.19. The van der Waals surface area contributed by atoms with Gasteiger partial charge in [-0.25, -0.2) is 0 Å². The van der Waals surface area contributed by atoms with Gasteiger partial charge in [-0.2, -0.15) is 0 Å². The van der Waals surface area contributed by atoms with E-state index in [2.05, 4.69) is 6.92 Å². The first-order valence-electron chi connectivity index (χ1n) is 5.87. The summed E-state index contributed by atoms with van der Waals surface area (Å²) in [6.45, 7) is 6.71. The third-order valence-corrected chi connectivity index (χ3v) is 3.27. The number of hydrogen-bond donors (Lipinski definition) is 1. The van der Waals surface area contributed by atoms with Crippen LogP contribution in [0, 0.1) is 0 Å². The highest BCUT2D eigenvalue weighted by atomic mass is 35.5. The fraction of sp³-hybridized carbons (Fsp3) is 0.462. The minimum Gasteiger partial charge on any atom is -0.399 e. The molecule has 0 aromatic heterocycles. The zero-order chi connectivity index (χ0) is 13.0. The fourth-order valence-corrected chi connectivity index (χ4v) is 1.94. The molecule has 1 unspecified atom stereocenters. The molecule has 3 nitrogen and oxygen atoms in total. The van der Waals surface area contributed by atoms with E-state index in [0.29, 0.717) is 22.8 Å². The number of nitrogens with zero attached hydrogens (tertiary/aromatic N) is 1. The van der Waals surface area contributed by atoms with Crippen molar-refractivity contribution in [3.63, 3.8) is 0 Å². The van der Waals surface area contributed by atoms with Gasteiger partial charge in [0.05, 0.1) is 10.6 Å². The van der Waals surface area contributed by atoms with E-state index in [1.165, 1.54) is 0 Å². The molecule has 0 aliphatic heterocycles. The van der Waals surface area contributed by atoms with E-state index in [1.807, 2.05) is 13.8 Å². The predicted octanol–water partition coefficient (Wildman–Crippen LogP) is 3.18. The number of rotatable bonds is 4. The summed E-state index contributed by atoms with van der Waals surface area (Å²) < 4.78 is 0. The third kappa shape index (κ3) is 3.13. The Bertz CT molecular complexity index is 406. The number of amides is 1. The number of anilines is 1. The zero-order valence-electron chi connectivity index (χ0n) is 10.5. The highest BCUT2D eigenvalue weighted by Gasteiger charge is 2.20. The predicted molar refractivity (Wildman–Crippen MR) is 72.3 cm³/mol. The molecule has 94 valence electrons. The molecular weight excluding hydrogens is 236 g/mol. The van der Waals surface area contributed by atoms with Gasteiger partial charge >= 0.3 is 0 Å². The Labute approximate surface area is 108 Å². The average Bonchev–Trinajstić information content (AvgIpc) is 2.32. The van der Waals surface area contributed by atoms with Crippen LogP contribution in [0.25, 0.3) is 0 Å². The van der Waals surface area contributed by atoms with E-state index >= 15 is 0 Å². The molecule has 0 fully saturated rings. The van der Waals surface area contributed by atoms with Crippen LogP contribution >= 0.6 is 11.6 Å². The van der Waals surface area contributed by atoms with Crippen LogP contribution in [0.1, 0.15) is 37.6 Å². The monoisotopic (exact) mass is 254 g/mol. The van der Waals surface area contributed by atoms with Crippen molar-refractivity contribution in [2.24, 2.45) is 0 Å². The zero-order valence-corrected chi connectivity index (χ0v) is 11.3. The standard InChI is InChI=1S/C13H19ClN2O/c1-4-9(3)16(5-2)13(17)11-8-10(15)6-7-12(11)14/h6-9H,4-5,15H2,1-3H3. The first-order chi connectivity index (χ1) is 8.01. The van der Waals surface area contributed by atoms with Crippen LogP contribution < -0.4 is 5.73 Å². The van der Waals surface area contributed by atoms with Gasteiger partial charge < -0.3 is 10.6 Å². The first kappa shape index (κ1) is 13.8. The molecule has 1 aromatic carbocycles. The Balaban J connectivity index is 3.05. The summed E-state index contributed by atoms with van der Waals surface area (Å²) in [5.74, 6) is -0.0563. The van der Waals surface area contributed by atoms with Crippen LogP contribution in [0.5, 0.6) is 0 Å². The average molecular weight is 255 g/mol. The molecule has 0 aliphatic carbocycles. The maximum atomic E-state index is 12.3. The third-order valence-electron chi connectivity index (χ3n) is 2.95. The van der Waals surface area contributed by atoms with Crippen molar-refractivity contribution in [3.8, 4) is 0 Å². The smallest absolute Gasteiger partial charge is 0.255 e. The van der Waals surface area contributed by atoms with Crippen molar-refractivity contribution in [3.05, 3.63) is 28.8 Å². The Morgan fingerprint density at radius 1 is 1.47 bits per heavy atom. The van der Waals surface area contributed by atoms with Crippen molar-refractivity contribution in [1.29, 1.82) is 0 Å². The lowest BCUT2D eigenvalue weighted by Crippen LogP contribution is -2.38. The van der Waals surface area contributed by atoms with Gasteiger partial charge in [0.1, 0.15) is 0 Å². The molecule has 0 radical (unpaired) electrons. The number of carbonyl (C=O) groups is 1. The minimum absolute atomic E-state index is 0.0563. The molecule has 0 saturated heterocycles. The molecule has 1 atom stereocenters. The number of hydrogen-bond acceptors (Lipinski definition) is 2. The summed E-state index contributed by atoms with van der Waals surface area (Å²) in [4.78, 5) is 14.1. The van der Waals surface area contributed by atoms with Gasteiger partial charge in [0.15, 0.2) is 0 Å². The second kappa shape index (κ2) is 5.92. The van der Waals surface area contributed by atoms with E-state index in [9.17, 15) is 4.79 Å². The summed E-state index contributed by atoms with van der Waals surface area (Å²) in [5.41, 5.74) is 6.72. The lowest BCUT2D eigenvalue weighted by atomic mass is 10.1. The van der Waals surface area contributed by atoms with Crippen molar-refractivity contribution >= 4 is 23.2 Å². The normalized spacial score (nSPS) is 12.2. The van der Waals surface area contributed by atoms with E-state index in [-0.39, 0.29) is 11.9 Å². The van der Waals surface area contributed by atoms with Gasteiger partial charge in [0.25, 0.3) is 5.91 Å². The van der Waals surface area contributed by atoms with E-state index < -0.39 is 0 Å². The second-order valence-corrected chi connectivity index (χ2v) is 4.49. The number of halogens is 1. The molecule has 0 bridgehead atoms. The molecule has 1 aromatic rings. The topological polar surface area (TPSA) is 46.3 Å². The van der Waals surface area contributed by atoms with Gasteiger partial charge in [0.2, 0.25) is 0 Å². The summed E-state index contributed by atoms with van der Waals surface area (Å²) in [7, 11) is 0. The van der Waals surface area contributed by atoms with Crippen LogP contribution in [0.15, 0.2) is 18.2 Å². The maximum Gasteiger partial charge on any atom is 0.255 e. The number of carbonyl (C=O) groups excluding carboxylic acids is 1. The lowest BCUT2D eigenvalue weighted by molar-refractivity contribution is 0.0700. The van der Waals surface area contributed by atoms with Gasteiger partial charge in [-0.1, -0.05) is 18.5 Å². The highest BCUT2D eigenvalue weighted by Crippen LogP contribution is 2.21. The van der Waals surface area contributed by atoms with E-state index in [1.54, 1.807) is 23.1 Å². The van der Waals surface area contributed by atoms with Crippen LogP contribution in [0.4, 0.5) is 5.69 Å². The largest absolute Gasteiger partial charge is 0.399 e. The van der Waals surface area contributed by atoms with Gasteiger partial charge in [-0.15, -0.1) is 0 Å². The molecule has 1 rings (SSSR count). The molecule has 17 heavy (non-hydrogen) atoms. The fourth-order valence-electron chi connectivity index (χ4n) is 1.74. The van der Waals surface area contributed by atoms with Crippen molar-refractivity contribution in [2.75, 3.05) is 12.3 Å². The Morgan fingerprint density at radius 2 is 2.12 bits per heavy atom. The highest BCUT2D eigenvalue weighted by molar-refractivity contribution is 6.34. The number of nitrogens with two attached hydrogens (primary N) is 1. The summed E-state index contributed by atoms with van der Waals surface area (Å²) in [6.07, 6.45) is 0.916. The van der Waals surface area contributed by atoms with Crippen LogP contribution in [-0.2, 0) is 0 Å². The van der Waals surface area contributed by atoms with E-state index in [0.717, 1.165) is 6.42 Å². The molecule has 1 amide bonds. The Kier molecular flexibility index (Phi) is 4.82. The molecule has 0 saturated carbocycles. The van der Waals surface area contributed by atoms with E-state index in [4.69, 9.17) is 17.3 Å². The molecule has 0 aliphatic rings. The molecule has 2 N–H and O–H groups in total.